The largest absolute Gasteiger partial charge is 0.508 e. The SMILES string of the molecule is CCC(=C(c1ccc(O)cc1)c1ccc(CCCN2CCCC2)nc1)c1ccccc1. The molecule has 0 radical (unpaired) electrons. The van der Waals surface area contributed by atoms with E-state index in [0.29, 0.717) is 0 Å². The Morgan fingerprint density at radius 1 is 0.871 bits per heavy atom. The highest BCUT2D eigenvalue weighted by Crippen LogP contribution is 2.34. The summed E-state index contributed by atoms with van der Waals surface area (Å²) in [7, 11) is 0. The Hall–Kier alpha value is -2.91. The van der Waals surface area contributed by atoms with Crippen LogP contribution in [0.3, 0.4) is 0 Å². The van der Waals surface area contributed by atoms with Crippen LogP contribution in [0.1, 0.15) is 55.0 Å². The number of likely N-dealkylation sites (tertiary alicyclic amines) is 1. The summed E-state index contributed by atoms with van der Waals surface area (Å²) < 4.78 is 0. The Bertz CT molecular complexity index is 985. The van der Waals surface area contributed by atoms with Crippen molar-refractivity contribution >= 4 is 11.1 Å². The predicted molar refractivity (Wildman–Crippen MR) is 129 cm³/mol. The monoisotopic (exact) mass is 412 g/mol. The average molecular weight is 413 g/mol. The van der Waals surface area contributed by atoms with E-state index in [9.17, 15) is 5.11 Å². The van der Waals surface area contributed by atoms with E-state index in [4.69, 9.17) is 4.98 Å². The number of rotatable bonds is 8. The van der Waals surface area contributed by atoms with Gasteiger partial charge >= 0.3 is 0 Å². The fraction of sp³-hybridized carbons (Fsp3) is 0.321. The van der Waals surface area contributed by atoms with Crippen LogP contribution in [0, 0.1) is 0 Å². The highest BCUT2D eigenvalue weighted by molar-refractivity contribution is 5.98. The van der Waals surface area contributed by atoms with Crippen molar-refractivity contribution in [2.45, 2.75) is 39.0 Å². The van der Waals surface area contributed by atoms with Crippen molar-refractivity contribution in [2.75, 3.05) is 19.6 Å². The van der Waals surface area contributed by atoms with Gasteiger partial charge in [0.15, 0.2) is 0 Å². The topological polar surface area (TPSA) is 36.4 Å². The summed E-state index contributed by atoms with van der Waals surface area (Å²) >= 11 is 0. The number of nitrogens with zero attached hydrogens (tertiary/aromatic N) is 2. The van der Waals surface area contributed by atoms with Gasteiger partial charge in [0.1, 0.15) is 5.75 Å². The first-order chi connectivity index (χ1) is 15.2. The van der Waals surface area contributed by atoms with E-state index in [1.165, 1.54) is 49.2 Å². The number of aryl methyl sites for hydroxylation is 1. The molecule has 1 aliphatic heterocycles. The predicted octanol–water partition coefficient (Wildman–Crippen LogP) is 6.18. The molecule has 3 aromatic rings. The first-order valence-electron chi connectivity index (χ1n) is 11.5. The van der Waals surface area contributed by atoms with Gasteiger partial charge in [-0.1, -0.05) is 55.5 Å². The molecule has 0 bridgehead atoms. The molecule has 0 spiro atoms. The Morgan fingerprint density at radius 2 is 1.58 bits per heavy atom. The molecule has 0 saturated carbocycles. The molecular weight excluding hydrogens is 380 g/mol. The molecule has 0 aliphatic carbocycles. The molecule has 4 rings (SSSR count). The van der Waals surface area contributed by atoms with Crippen molar-refractivity contribution in [1.82, 2.24) is 9.88 Å². The minimum atomic E-state index is 0.285. The molecule has 3 heteroatoms. The Labute approximate surface area is 186 Å². The van der Waals surface area contributed by atoms with Crippen LogP contribution in [0.15, 0.2) is 72.9 Å². The molecule has 0 atom stereocenters. The molecule has 2 aromatic carbocycles. The van der Waals surface area contributed by atoms with Gasteiger partial charge in [-0.3, -0.25) is 4.98 Å². The van der Waals surface area contributed by atoms with Crippen molar-refractivity contribution < 1.29 is 5.11 Å². The first-order valence-corrected chi connectivity index (χ1v) is 11.5. The normalized spacial score (nSPS) is 15.1. The molecule has 1 aromatic heterocycles. The molecule has 2 heterocycles. The van der Waals surface area contributed by atoms with Crippen molar-refractivity contribution in [3.63, 3.8) is 0 Å². The van der Waals surface area contributed by atoms with Crippen LogP contribution in [0.5, 0.6) is 5.75 Å². The van der Waals surface area contributed by atoms with E-state index in [1.54, 1.807) is 12.1 Å². The molecule has 1 N–H and O–H groups in total. The van der Waals surface area contributed by atoms with E-state index < -0.39 is 0 Å². The van der Waals surface area contributed by atoms with E-state index in [2.05, 4.69) is 54.3 Å². The minimum absolute atomic E-state index is 0.285. The first kappa shape index (κ1) is 21.3. The minimum Gasteiger partial charge on any atom is -0.508 e. The highest BCUT2D eigenvalue weighted by Gasteiger charge is 2.14. The van der Waals surface area contributed by atoms with Gasteiger partial charge < -0.3 is 10.0 Å². The number of hydrogen-bond acceptors (Lipinski definition) is 3. The van der Waals surface area contributed by atoms with Gasteiger partial charge in [0.25, 0.3) is 0 Å². The molecular formula is C28H32N2O. The van der Waals surface area contributed by atoms with Gasteiger partial charge in [0, 0.05) is 17.5 Å². The van der Waals surface area contributed by atoms with E-state index >= 15 is 0 Å². The van der Waals surface area contributed by atoms with Crippen LogP contribution in [0.25, 0.3) is 11.1 Å². The van der Waals surface area contributed by atoms with Gasteiger partial charge in [-0.2, -0.15) is 0 Å². The van der Waals surface area contributed by atoms with Crippen LogP contribution in [0.2, 0.25) is 0 Å². The van der Waals surface area contributed by atoms with E-state index in [1.807, 2.05) is 18.3 Å². The number of phenols is 1. The second kappa shape index (κ2) is 10.4. The van der Waals surface area contributed by atoms with E-state index in [0.717, 1.165) is 36.1 Å². The maximum atomic E-state index is 9.79. The Kier molecular flexibility index (Phi) is 7.16. The maximum Gasteiger partial charge on any atom is 0.115 e. The number of aromatic nitrogens is 1. The third-order valence-corrected chi connectivity index (χ3v) is 6.15. The molecule has 160 valence electrons. The number of benzene rings is 2. The molecule has 1 aliphatic rings. The fourth-order valence-corrected chi connectivity index (χ4v) is 4.52. The van der Waals surface area contributed by atoms with Crippen molar-refractivity contribution in [1.29, 1.82) is 0 Å². The number of pyridine rings is 1. The van der Waals surface area contributed by atoms with Crippen molar-refractivity contribution in [3.8, 4) is 5.75 Å². The van der Waals surface area contributed by atoms with Crippen molar-refractivity contribution in [2.24, 2.45) is 0 Å². The maximum absolute atomic E-state index is 9.79. The van der Waals surface area contributed by atoms with Crippen LogP contribution in [-0.4, -0.2) is 34.6 Å². The lowest BCUT2D eigenvalue weighted by Crippen LogP contribution is -2.20. The lowest BCUT2D eigenvalue weighted by atomic mass is 9.89. The van der Waals surface area contributed by atoms with Crippen LogP contribution >= 0.6 is 0 Å². The summed E-state index contributed by atoms with van der Waals surface area (Å²) in [4.78, 5) is 7.38. The van der Waals surface area contributed by atoms with Gasteiger partial charge in [-0.25, -0.2) is 0 Å². The molecule has 31 heavy (non-hydrogen) atoms. The second-order valence-electron chi connectivity index (χ2n) is 8.31. The van der Waals surface area contributed by atoms with Gasteiger partial charge in [-0.15, -0.1) is 0 Å². The summed E-state index contributed by atoms with van der Waals surface area (Å²) in [6.45, 7) is 5.89. The highest BCUT2D eigenvalue weighted by atomic mass is 16.3. The standard InChI is InChI=1S/C28H32N2O/c1-2-27(22-9-4-3-5-10-22)28(23-13-16-26(31)17-14-23)24-12-15-25(29-21-24)11-8-20-30-18-6-7-19-30/h3-5,9-10,12-17,21,31H,2,6-8,11,18-20H2,1H3. The summed E-state index contributed by atoms with van der Waals surface area (Å²) in [5, 5.41) is 9.79. The second-order valence-corrected chi connectivity index (χ2v) is 8.31. The molecule has 1 saturated heterocycles. The number of hydrogen-bond donors (Lipinski definition) is 1. The Balaban J connectivity index is 1.62. The molecule has 3 nitrogen and oxygen atoms in total. The third kappa shape index (κ3) is 5.42. The lowest BCUT2D eigenvalue weighted by molar-refractivity contribution is 0.333. The van der Waals surface area contributed by atoms with Crippen LogP contribution < -0.4 is 0 Å². The third-order valence-electron chi connectivity index (χ3n) is 6.15. The van der Waals surface area contributed by atoms with Crippen molar-refractivity contribution in [3.05, 3.63) is 95.3 Å². The summed E-state index contributed by atoms with van der Waals surface area (Å²) in [5.41, 5.74) is 7.07. The van der Waals surface area contributed by atoms with Crippen LogP contribution in [0.4, 0.5) is 0 Å². The number of aromatic hydroxyl groups is 1. The summed E-state index contributed by atoms with van der Waals surface area (Å²) in [6, 6.07) is 22.4. The lowest BCUT2D eigenvalue weighted by Gasteiger charge is -2.17. The Morgan fingerprint density at radius 3 is 2.23 bits per heavy atom. The average Bonchev–Trinajstić information content (AvgIpc) is 3.33. The van der Waals surface area contributed by atoms with Gasteiger partial charge in [0.2, 0.25) is 0 Å². The quantitative estimate of drug-likeness (QED) is 0.449. The summed E-state index contributed by atoms with van der Waals surface area (Å²) in [5.74, 6) is 0.285. The zero-order valence-corrected chi connectivity index (χ0v) is 18.4. The van der Waals surface area contributed by atoms with E-state index in [-0.39, 0.29) is 5.75 Å². The zero-order valence-electron chi connectivity index (χ0n) is 18.4. The number of phenolic OH excluding ortho intramolecular Hbond substituents is 1. The van der Waals surface area contributed by atoms with Gasteiger partial charge in [0.05, 0.1) is 0 Å². The smallest absolute Gasteiger partial charge is 0.115 e. The molecule has 0 amide bonds. The molecule has 1 fully saturated rings. The zero-order chi connectivity index (χ0) is 21.5. The number of allylic oxidation sites excluding steroid dienone is 1. The van der Waals surface area contributed by atoms with Crippen LogP contribution in [-0.2, 0) is 6.42 Å². The fourth-order valence-electron chi connectivity index (χ4n) is 4.52. The van der Waals surface area contributed by atoms with Gasteiger partial charge in [-0.05, 0) is 92.2 Å². The summed E-state index contributed by atoms with van der Waals surface area (Å²) in [6.07, 6.45) is 7.82. The molecule has 0 unspecified atom stereocenters.